The molecule has 582 valence electrons. The summed E-state index contributed by atoms with van der Waals surface area (Å²) in [5.74, 6) is 0.258. The van der Waals surface area contributed by atoms with E-state index in [9.17, 15) is 43.2 Å². The number of phosphoric ester groups is 2. The van der Waals surface area contributed by atoms with Crippen molar-refractivity contribution in [2.24, 2.45) is 17.8 Å². The van der Waals surface area contributed by atoms with Crippen LogP contribution in [0.15, 0.2) is 0 Å². The molecule has 0 saturated heterocycles. The minimum atomic E-state index is -4.96. The van der Waals surface area contributed by atoms with Crippen LogP contribution in [0.2, 0.25) is 0 Å². The molecule has 0 aromatic rings. The van der Waals surface area contributed by atoms with Gasteiger partial charge in [-0.3, -0.25) is 37.3 Å². The van der Waals surface area contributed by atoms with Gasteiger partial charge >= 0.3 is 39.5 Å². The molecule has 7 atom stereocenters. The minimum absolute atomic E-state index is 0.106. The van der Waals surface area contributed by atoms with Gasteiger partial charge in [0, 0.05) is 25.7 Å². The van der Waals surface area contributed by atoms with E-state index in [1.165, 1.54) is 212 Å². The summed E-state index contributed by atoms with van der Waals surface area (Å²) in [5.41, 5.74) is 0. The fourth-order valence-corrected chi connectivity index (χ4v) is 13.6. The fourth-order valence-electron chi connectivity index (χ4n) is 12.1. The van der Waals surface area contributed by atoms with Gasteiger partial charge in [0.1, 0.15) is 19.3 Å². The molecule has 0 aliphatic rings. The predicted molar refractivity (Wildman–Crippen MR) is 400 cm³/mol. The summed E-state index contributed by atoms with van der Waals surface area (Å²) in [4.78, 5) is 72.9. The molecule has 0 amide bonds. The van der Waals surface area contributed by atoms with E-state index in [2.05, 4.69) is 48.5 Å². The number of carbonyl (C=O) groups is 4. The largest absolute Gasteiger partial charge is 0.472 e. The summed E-state index contributed by atoms with van der Waals surface area (Å²) >= 11 is 0. The summed E-state index contributed by atoms with van der Waals surface area (Å²) in [5, 5.41) is 10.6. The lowest BCUT2D eigenvalue weighted by molar-refractivity contribution is -0.161. The molecule has 0 aromatic heterocycles. The highest BCUT2D eigenvalue weighted by atomic mass is 31.2. The first kappa shape index (κ1) is 96.1. The molecule has 0 aliphatic heterocycles. The Morgan fingerprint density at radius 3 is 0.776 bits per heavy atom. The quantitative estimate of drug-likeness (QED) is 0.0222. The Morgan fingerprint density at radius 1 is 0.296 bits per heavy atom. The maximum atomic E-state index is 13.1. The molecule has 4 unspecified atom stereocenters. The SMILES string of the molecule is CCCCCCCCCCCCCCC(=O)O[C@H](COC(=O)CCCCCCCCC(C)CC)COP(=O)(O)OC[C@H](O)COP(=O)(O)OC[C@@H](COC(=O)CCCCCCCCCCCCCC(C)C)OC(=O)CCCCCCCCCCCCCCCCCCCCC(C)CC. The Kier molecular flexibility index (Phi) is 68.1. The van der Waals surface area contributed by atoms with E-state index in [1.807, 2.05) is 0 Å². The average Bonchev–Trinajstić information content (AvgIpc) is 0.997. The number of ether oxygens (including phenoxy) is 4. The summed E-state index contributed by atoms with van der Waals surface area (Å²) in [6, 6.07) is 0. The van der Waals surface area contributed by atoms with Gasteiger partial charge in [-0.2, -0.15) is 0 Å². The molecule has 0 rings (SSSR count). The van der Waals surface area contributed by atoms with Gasteiger partial charge in [-0.25, -0.2) is 9.13 Å². The van der Waals surface area contributed by atoms with E-state index in [0.717, 1.165) is 114 Å². The van der Waals surface area contributed by atoms with Crippen LogP contribution in [0.1, 0.15) is 408 Å². The molecule has 0 radical (unpaired) electrons. The van der Waals surface area contributed by atoms with Crippen LogP contribution < -0.4 is 0 Å². The highest BCUT2D eigenvalue weighted by Gasteiger charge is 2.30. The van der Waals surface area contributed by atoms with Gasteiger partial charge in [-0.05, 0) is 43.4 Å². The molecule has 0 aliphatic carbocycles. The number of hydrogen-bond acceptors (Lipinski definition) is 15. The second-order valence-electron chi connectivity index (χ2n) is 29.4. The normalized spacial score (nSPS) is 14.6. The van der Waals surface area contributed by atoms with Crippen LogP contribution in [0.5, 0.6) is 0 Å². The van der Waals surface area contributed by atoms with Crippen molar-refractivity contribution < 1.29 is 80.2 Å². The van der Waals surface area contributed by atoms with Crippen LogP contribution in [0.25, 0.3) is 0 Å². The number of carbonyl (C=O) groups excluding carboxylic acids is 4. The van der Waals surface area contributed by atoms with Crippen LogP contribution in [-0.2, 0) is 65.4 Å². The van der Waals surface area contributed by atoms with Gasteiger partial charge in [0.25, 0.3) is 0 Å². The van der Waals surface area contributed by atoms with E-state index >= 15 is 0 Å². The molecule has 0 heterocycles. The van der Waals surface area contributed by atoms with E-state index in [1.54, 1.807) is 0 Å². The van der Waals surface area contributed by atoms with Crippen molar-refractivity contribution in [3.05, 3.63) is 0 Å². The van der Waals surface area contributed by atoms with Crippen molar-refractivity contribution in [1.82, 2.24) is 0 Å². The molecule has 0 saturated carbocycles. The molecule has 17 nitrogen and oxygen atoms in total. The van der Waals surface area contributed by atoms with Crippen LogP contribution in [0.4, 0.5) is 0 Å². The number of unbranched alkanes of at least 4 members (excludes halogenated alkanes) is 43. The molecule has 3 N–H and O–H groups in total. The first-order valence-corrected chi connectivity index (χ1v) is 43.9. The summed E-state index contributed by atoms with van der Waals surface area (Å²) in [7, 11) is -9.92. The molecular weight excluding hydrogens is 1280 g/mol. The van der Waals surface area contributed by atoms with Gasteiger partial charge in [0.15, 0.2) is 12.2 Å². The second-order valence-corrected chi connectivity index (χ2v) is 32.3. The van der Waals surface area contributed by atoms with Gasteiger partial charge in [-0.15, -0.1) is 0 Å². The van der Waals surface area contributed by atoms with Crippen molar-refractivity contribution in [2.45, 2.75) is 426 Å². The topological polar surface area (TPSA) is 237 Å². The smallest absolute Gasteiger partial charge is 0.462 e. The third kappa shape index (κ3) is 69.8. The lowest BCUT2D eigenvalue weighted by atomic mass is 9.99. The zero-order valence-electron chi connectivity index (χ0n) is 64.3. The molecule has 0 fully saturated rings. The standard InChI is InChI=1S/C79H154O17P2/c1-8-11-12-13-14-15-16-28-34-39-48-55-62-78(83)96-75(67-90-77(82)61-54-47-42-41-45-52-59-72(7)10-3)69-94-98(87,88)92-65-73(80)64-91-97(85,86)93-68-74(66-89-76(81)60-53-46-38-33-30-25-26-31-36-43-50-57-70(4)5)95-79(84)63-56-49-40-35-29-24-22-20-18-17-19-21-23-27-32-37-44-51-58-71(6)9-2/h70-75,80H,8-69H2,1-7H3,(H,85,86)(H,87,88)/t71?,72?,73-,74-,75-/m1/s1. The summed E-state index contributed by atoms with van der Waals surface area (Å²) in [6.45, 7) is 11.9. The van der Waals surface area contributed by atoms with Crippen molar-refractivity contribution in [2.75, 3.05) is 39.6 Å². The highest BCUT2D eigenvalue weighted by molar-refractivity contribution is 7.47. The maximum absolute atomic E-state index is 13.1. The summed E-state index contributed by atoms with van der Waals surface area (Å²) < 4.78 is 68.6. The van der Waals surface area contributed by atoms with Crippen molar-refractivity contribution in [3.63, 3.8) is 0 Å². The summed E-state index contributed by atoms with van der Waals surface area (Å²) in [6.07, 6.45) is 56.9. The van der Waals surface area contributed by atoms with Crippen molar-refractivity contribution in [1.29, 1.82) is 0 Å². The van der Waals surface area contributed by atoms with Crippen LogP contribution in [0.3, 0.4) is 0 Å². The molecule has 0 spiro atoms. The molecule has 98 heavy (non-hydrogen) atoms. The third-order valence-corrected chi connectivity index (χ3v) is 21.0. The lowest BCUT2D eigenvalue weighted by Gasteiger charge is -2.21. The number of aliphatic hydroxyl groups is 1. The number of esters is 4. The van der Waals surface area contributed by atoms with E-state index in [-0.39, 0.29) is 25.7 Å². The van der Waals surface area contributed by atoms with Gasteiger partial charge in [-0.1, -0.05) is 357 Å². The molecule has 0 aromatic carbocycles. The minimum Gasteiger partial charge on any atom is -0.462 e. The Labute approximate surface area is 600 Å². The maximum Gasteiger partial charge on any atom is 0.472 e. The van der Waals surface area contributed by atoms with Gasteiger partial charge < -0.3 is 33.8 Å². The average molecular weight is 1440 g/mol. The van der Waals surface area contributed by atoms with E-state index in [4.69, 9.17) is 37.0 Å². The zero-order valence-corrected chi connectivity index (χ0v) is 66.0. The number of phosphoric acid groups is 2. The molecule has 0 bridgehead atoms. The monoisotopic (exact) mass is 1440 g/mol. The van der Waals surface area contributed by atoms with Gasteiger partial charge in [0.05, 0.1) is 26.4 Å². The van der Waals surface area contributed by atoms with Crippen LogP contribution in [-0.4, -0.2) is 96.7 Å². The van der Waals surface area contributed by atoms with Gasteiger partial charge in [0.2, 0.25) is 0 Å². The van der Waals surface area contributed by atoms with E-state index in [0.29, 0.717) is 25.7 Å². The number of rotatable bonds is 77. The Balaban J connectivity index is 5.20. The van der Waals surface area contributed by atoms with Crippen LogP contribution in [0, 0.1) is 17.8 Å². The van der Waals surface area contributed by atoms with E-state index < -0.39 is 97.5 Å². The fraction of sp³-hybridized carbons (Fsp3) is 0.949. The Bertz CT molecular complexity index is 1910. The zero-order chi connectivity index (χ0) is 72.3. The lowest BCUT2D eigenvalue weighted by Crippen LogP contribution is -2.30. The third-order valence-electron chi connectivity index (χ3n) is 19.1. The second kappa shape index (κ2) is 69.4. The molecule has 19 heteroatoms. The first-order chi connectivity index (χ1) is 47.3. The number of hydrogen-bond donors (Lipinski definition) is 3. The van der Waals surface area contributed by atoms with Crippen molar-refractivity contribution in [3.8, 4) is 0 Å². The molecular formula is C79H154O17P2. The van der Waals surface area contributed by atoms with Crippen molar-refractivity contribution >= 4 is 39.5 Å². The predicted octanol–water partition coefficient (Wildman–Crippen LogP) is 23.4. The highest BCUT2D eigenvalue weighted by Crippen LogP contribution is 2.45. The van der Waals surface area contributed by atoms with Crippen LogP contribution >= 0.6 is 15.6 Å². The Morgan fingerprint density at radius 2 is 0.520 bits per heavy atom. The Hall–Kier alpha value is -1.94. The first-order valence-electron chi connectivity index (χ1n) is 40.9. The number of aliphatic hydroxyl groups excluding tert-OH is 1.